The van der Waals surface area contributed by atoms with Crippen LogP contribution < -0.4 is 5.73 Å². The normalized spacial score (nSPS) is 24.3. The van der Waals surface area contributed by atoms with Crippen molar-refractivity contribution in [3.63, 3.8) is 0 Å². The van der Waals surface area contributed by atoms with Crippen LogP contribution in [0.2, 0.25) is 0 Å². The number of amides is 1. The van der Waals surface area contributed by atoms with Crippen LogP contribution >= 0.6 is 0 Å². The van der Waals surface area contributed by atoms with Crippen LogP contribution in [0.1, 0.15) is 20.8 Å². The van der Waals surface area contributed by atoms with Gasteiger partial charge in [0, 0.05) is 13.1 Å². The summed E-state index contributed by atoms with van der Waals surface area (Å²) >= 11 is 0. The second-order valence-electron chi connectivity index (χ2n) is 4.54. The predicted octanol–water partition coefficient (Wildman–Crippen LogP) is 0.465. The summed E-state index contributed by atoms with van der Waals surface area (Å²) in [5.74, 6) is 0.436. The summed E-state index contributed by atoms with van der Waals surface area (Å²) < 4.78 is 5.31. The number of nitrogens with zero attached hydrogens (tertiary/aromatic N) is 1. The van der Waals surface area contributed by atoms with E-state index in [1.54, 1.807) is 0 Å². The minimum absolute atomic E-state index is 0.0504. The molecule has 2 N–H and O–H groups in total. The van der Waals surface area contributed by atoms with Gasteiger partial charge in [0.15, 0.2) is 0 Å². The maximum Gasteiger partial charge on any atom is 0.227 e. The molecule has 4 heteroatoms. The topological polar surface area (TPSA) is 55.6 Å². The van der Waals surface area contributed by atoms with Crippen LogP contribution in [0.3, 0.4) is 0 Å². The van der Waals surface area contributed by atoms with Gasteiger partial charge in [0.2, 0.25) is 5.91 Å². The Kier molecular flexibility index (Phi) is 4.54. The largest absolute Gasteiger partial charge is 0.377 e. The Morgan fingerprint density at radius 2 is 2.27 bits per heavy atom. The molecular formula is C11H22N2O2. The Labute approximate surface area is 91.8 Å². The van der Waals surface area contributed by atoms with E-state index < -0.39 is 0 Å². The van der Waals surface area contributed by atoms with Crippen molar-refractivity contribution in [2.45, 2.75) is 26.8 Å². The molecule has 1 heterocycles. The van der Waals surface area contributed by atoms with Crippen molar-refractivity contribution in [3.8, 4) is 0 Å². The Hall–Kier alpha value is -0.610. The van der Waals surface area contributed by atoms with Gasteiger partial charge < -0.3 is 15.4 Å². The molecule has 0 aliphatic carbocycles. The summed E-state index contributed by atoms with van der Waals surface area (Å²) in [6.07, 6.45) is 0. The highest BCUT2D eigenvalue weighted by atomic mass is 16.5. The highest BCUT2D eigenvalue weighted by Crippen LogP contribution is 2.16. The van der Waals surface area contributed by atoms with E-state index in [4.69, 9.17) is 10.5 Å². The van der Waals surface area contributed by atoms with Gasteiger partial charge in [-0.05, 0) is 12.8 Å². The van der Waals surface area contributed by atoms with Gasteiger partial charge in [-0.2, -0.15) is 0 Å². The van der Waals surface area contributed by atoms with E-state index >= 15 is 0 Å². The Bertz CT molecular complexity index is 219. The number of nitrogens with two attached hydrogens (primary N) is 1. The number of ether oxygens (including phenoxy) is 1. The molecule has 1 rings (SSSR count). The maximum atomic E-state index is 12.2. The first-order valence-electron chi connectivity index (χ1n) is 5.66. The van der Waals surface area contributed by atoms with Crippen molar-refractivity contribution < 1.29 is 9.53 Å². The van der Waals surface area contributed by atoms with Gasteiger partial charge in [0.25, 0.3) is 0 Å². The third kappa shape index (κ3) is 2.92. The summed E-state index contributed by atoms with van der Waals surface area (Å²) in [5.41, 5.74) is 5.65. The molecule has 0 aromatic rings. The van der Waals surface area contributed by atoms with E-state index in [-0.39, 0.29) is 17.9 Å². The molecule has 15 heavy (non-hydrogen) atoms. The van der Waals surface area contributed by atoms with E-state index in [1.807, 2.05) is 25.7 Å². The molecule has 0 bridgehead atoms. The second-order valence-corrected chi connectivity index (χ2v) is 4.54. The van der Waals surface area contributed by atoms with Gasteiger partial charge in [-0.25, -0.2) is 0 Å². The van der Waals surface area contributed by atoms with Gasteiger partial charge in [-0.3, -0.25) is 4.79 Å². The minimum Gasteiger partial charge on any atom is -0.377 e. The lowest BCUT2D eigenvalue weighted by Crippen LogP contribution is -2.51. The second kappa shape index (κ2) is 5.47. The molecule has 2 atom stereocenters. The third-order valence-electron chi connectivity index (χ3n) is 3.03. The molecule has 4 nitrogen and oxygen atoms in total. The molecule has 1 unspecified atom stereocenters. The van der Waals surface area contributed by atoms with Crippen molar-refractivity contribution in [3.05, 3.63) is 0 Å². The number of rotatable bonds is 3. The van der Waals surface area contributed by atoms with Gasteiger partial charge in [-0.1, -0.05) is 13.8 Å². The summed E-state index contributed by atoms with van der Waals surface area (Å²) in [4.78, 5) is 14.1. The zero-order chi connectivity index (χ0) is 11.4. The monoisotopic (exact) mass is 214 g/mol. The lowest BCUT2D eigenvalue weighted by atomic mass is 9.94. The molecule has 1 saturated heterocycles. The Morgan fingerprint density at radius 1 is 1.60 bits per heavy atom. The standard InChI is InChI=1S/C11H22N2O2/c1-8(2)10(6-12)11(14)13-4-5-15-7-9(13)3/h8-10H,4-7,12H2,1-3H3/t9-,10?/m1/s1. The van der Waals surface area contributed by atoms with Crippen LogP contribution in [-0.4, -0.2) is 43.2 Å². The number of hydrogen-bond acceptors (Lipinski definition) is 3. The molecule has 88 valence electrons. The number of carbonyl (C=O) groups is 1. The maximum absolute atomic E-state index is 12.2. The summed E-state index contributed by atoms with van der Waals surface area (Å²) in [6, 6.07) is 0.180. The molecule has 0 saturated carbocycles. The predicted molar refractivity (Wildman–Crippen MR) is 59.4 cm³/mol. The van der Waals surface area contributed by atoms with E-state index in [0.29, 0.717) is 32.2 Å². The molecule has 1 aliphatic rings. The zero-order valence-corrected chi connectivity index (χ0v) is 9.90. The first-order chi connectivity index (χ1) is 7.07. The molecule has 0 spiro atoms. The van der Waals surface area contributed by atoms with Gasteiger partial charge in [0.1, 0.15) is 0 Å². The van der Waals surface area contributed by atoms with Crippen molar-refractivity contribution in [1.82, 2.24) is 4.90 Å². The van der Waals surface area contributed by atoms with Crippen LogP contribution in [0.5, 0.6) is 0 Å². The van der Waals surface area contributed by atoms with E-state index in [2.05, 4.69) is 0 Å². The average molecular weight is 214 g/mol. The van der Waals surface area contributed by atoms with Crippen LogP contribution in [0.4, 0.5) is 0 Å². The molecular weight excluding hydrogens is 192 g/mol. The Balaban J connectivity index is 2.64. The zero-order valence-electron chi connectivity index (χ0n) is 9.90. The highest BCUT2D eigenvalue weighted by Gasteiger charge is 2.30. The smallest absolute Gasteiger partial charge is 0.227 e. The van der Waals surface area contributed by atoms with Gasteiger partial charge in [0.05, 0.1) is 25.2 Å². The first kappa shape index (κ1) is 12.5. The van der Waals surface area contributed by atoms with Gasteiger partial charge >= 0.3 is 0 Å². The van der Waals surface area contributed by atoms with Crippen molar-refractivity contribution in [2.75, 3.05) is 26.3 Å². The quantitative estimate of drug-likeness (QED) is 0.743. The van der Waals surface area contributed by atoms with Crippen LogP contribution in [0.25, 0.3) is 0 Å². The number of morpholine rings is 1. The summed E-state index contributed by atoms with van der Waals surface area (Å²) in [6.45, 7) is 8.52. The molecule has 0 aromatic heterocycles. The SMILES string of the molecule is CC(C)C(CN)C(=O)N1CCOC[C@H]1C. The molecule has 1 fully saturated rings. The fourth-order valence-electron chi connectivity index (χ4n) is 1.93. The van der Waals surface area contributed by atoms with Crippen LogP contribution in [0.15, 0.2) is 0 Å². The fourth-order valence-corrected chi connectivity index (χ4v) is 1.93. The van der Waals surface area contributed by atoms with Crippen LogP contribution in [0, 0.1) is 11.8 Å². The number of carbonyl (C=O) groups excluding carboxylic acids is 1. The van der Waals surface area contributed by atoms with Crippen molar-refractivity contribution in [1.29, 1.82) is 0 Å². The lowest BCUT2D eigenvalue weighted by molar-refractivity contribution is -0.144. The average Bonchev–Trinajstić information content (AvgIpc) is 2.18. The van der Waals surface area contributed by atoms with Crippen LogP contribution in [-0.2, 0) is 9.53 Å². The lowest BCUT2D eigenvalue weighted by Gasteiger charge is -2.36. The fraction of sp³-hybridized carbons (Fsp3) is 0.909. The molecule has 1 amide bonds. The molecule has 1 aliphatic heterocycles. The summed E-state index contributed by atoms with van der Waals surface area (Å²) in [7, 11) is 0. The first-order valence-corrected chi connectivity index (χ1v) is 5.66. The molecule has 0 radical (unpaired) electrons. The van der Waals surface area contributed by atoms with E-state index in [1.165, 1.54) is 0 Å². The minimum atomic E-state index is -0.0504. The van der Waals surface area contributed by atoms with Crippen molar-refractivity contribution >= 4 is 5.91 Å². The third-order valence-corrected chi connectivity index (χ3v) is 3.03. The number of hydrogen-bond donors (Lipinski definition) is 1. The van der Waals surface area contributed by atoms with Gasteiger partial charge in [-0.15, -0.1) is 0 Å². The highest BCUT2D eigenvalue weighted by molar-refractivity contribution is 5.79. The van der Waals surface area contributed by atoms with E-state index in [0.717, 1.165) is 0 Å². The Morgan fingerprint density at radius 3 is 2.73 bits per heavy atom. The summed E-state index contributed by atoms with van der Waals surface area (Å²) in [5, 5.41) is 0. The van der Waals surface area contributed by atoms with Crippen molar-refractivity contribution in [2.24, 2.45) is 17.6 Å². The van der Waals surface area contributed by atoms with E-state index in [9.17, 15) is 4.79 Å². The molecule has 0 aromatic carbocycles.